The van der Waals surface area contributed by atoms with Crippen molar-refractivity contribution in [3.63, 3.8) is 0 Å². The summed E-state index contributed by atoms with van der Waals surface area (Å²) in [6, 6.07) is 20.4. The zero-order valence-corrected chi connectivity index (χ0v) is 27.2. The summed E-state index contributed by atoms with van der Waals surface area (Å²) in [4.78, 5) is 21.4. The molecule has 213 valence electrons. The summed E-state index contributed by atoms with van der Waals surface area (Å²) in [6.07, 6.45) is 4.91. The topological polar surface area (TPSA) is 63.1 Å². The van der Waals surface area contributed by atoms with Crippen molar-refractivity contribution < 1.29 is 30.0 Å². The number of aliphatic hydroxyl groups excluding tert-OH is 1. The molecule has 40 heavy (non-hydrogen) atoms. The second-order valence-corrected chi connectivity index (χ2v) is 11.1. The fourth-order valence-corrected chi connectivity index (χ4v) is 5.73. The first-order chi connectivity index (χ1) is 18.7. The Kier molecular flexibility index (Phi) is 10.4. The Balaban J connectivity index is 0.000000243. The maximum Gasteiger partial charge on any atom is 0.162 e. The third-order valence-electron chi connectivity index (χ3n) is 8.31. The van der Waals surface area contributed by atoms with E-state index in [1.165, 1.54) is 28.0 Å². The fraction of sp³-hybridized carbons (Fsp3) is 0.400. The van der Waals surface area contributed by atoms with Gasteiger partial charge in [0.15, 0.2) is 5.78 Å². The Bertz CT molecular complexity index is 1530. The molecule has 4 aromatic rings. The Morgan fingerprint density at radius 3 is 2.25 bits per heavy atom. The molecule has 1 aliphatic carbocycles. The molecule has 4 nitrogen and oxygen atoms in total. The van der Waals surface area contributed by atoms with Crippen molar-refractivity contribution in [3.8, 4) is 11.3 Å². The summed E-state index contributed by atoms with van der Waals surface area (Å²) in [7, 11) is 0. The predicted molar refractivity (Wildman–Crippen MR) is 162 cm³/mol. The van der Waals surface area contributed by atoms with Crippen molar-refractivity contribution in [2.75, 3.05) is 0 Å². The molecule has 2 aromatic heterocycles. The number of hydrogen-bond donors (Lipinski definition) is 1. The number of aryl methyl sites for hydroxylation is 1. The normalized spacial score (nSPS) is 13.6. The molecule has 0 fully saturated rings. The van der Waals surface area contributed by atoms with Crippen LogP contribution >= 0.6 is 0 Å². The van der Waals surface area contributed by atoms with E-state index in [1.54, 1.807) is 0 Å². The third kappa shape index (κ3) is 6.06. The number of allylic oxidation sites excluding steroid dienone is 2. The van der Waals surface area contributed by atoms with Crippen molar-refractivity contribution in [2.45, 2.75) is 79.6 Å². The van der Waals surface area contributed by atoms with Crippen LogP contribution in [0.3, 0.4) is 0 Å². The molecule has 1 N–H and O–H groups in total. The van der Waals surface area contributed by atoms with Crippen LogP contribution in [0.5, 0.6) is 0 Å². The minimum Gasteiger partial charge on any atom is -0.512 e. The Morgan fingerprint density at radius 2 is 1.60 bits per heavy atom. The second-order valence-electron chi connectivity index (χ2n) is 11.1. The number of nitrogens with zero attached hydrogens (tertiary/aromatic N) is 2. The summed E-state index contributed by atoms with van der Waals surface area (Å²) in [5.74, 6) is 0.547. The van der Waals surface area contributed by atoms with Crippen LogP contribution in [0.1, 0.15) is 84.0 Å². The number of aromatic nitrogens is 2. The second kappa shape index (κ2) is 13.2. The van der Waals surface area contributed by atoms with E-state index in [0.717, 1.165) is 53.7 Å². The molecule has 5 rings (SSSR count). The van der Waals surface area contributed by atoms with Crippen LogP contribution < -0.4 is 0 Å². The molecule has 1 aliphatic rings. The zero-order valence-electron chi connectivity index (χ0n) is 24.8. The fourth-order valence-electron chi connectivity index (χ4n) is 5.73. The van der Waals surface area contributed by atoms with Crippen LogP contribution in [0, 0.1) is 24.8 Å². The maximum atomic E-state index is 11.7. The van der Waals surface area contributed by atoms with Gasteiger partial charge in [0.2, 0.25) is 0 Å². The quantitative estimate of drug-likeness (QED) is 0.118. The van der Waals surface area contributed by atoms with E-state index >= 15 is 0 Å². The van der Waals surface area contributed by atoms with E-state index < -0.39 is 0 Å². The van der Waals surface area contributed by atoms with Crippen molar-refractivity contribution in [1.29, 1.82) is 0 Å². The average molecular weight is 714 g/mol. The van der Waals surface area contributed by atoms with Gasteiger partial charge in [0.05, 0.1) is 16.8 Å². The van der Waals surface area contributed by atoms with Crippen LogP contribution in [-0.2, 0) is 30.3 Å². The van der Waals surface area contributed by atoms with Gasteiger partial charge in [-0.05, 0) is 56.5 Å². The van der Waals surface area contributed by atoms with E-state index in [1.807, 2.05) is 46.8 Å². The zero-order chi connectivity index (χ0) is 28.3. The van der Waals surface area contributed by atoms with Crippen LogP contribution in [0.2, 0.25) is 0 Å². The minimum absolute atomic E-state index is 0. The van der Waals surface area contributed by atoms with Gasteiger partial charge in [0.1, 0.15) is 0 Å². The first-order valence-electron chi connectivity index (χ1n) is 14.3. The van der Waals surface area contributed by atoms with Gasteiger partial charge in [-0.3, -0.25) is 14.8 Å². The SMILES string of the molecule is CCC(CC)C(=O)/C=C(\O)C(CC)CC.Cc1ccc2nc3c(cc2n1)C(C)(C)c1cccc2cc[c-]c-3c12.[Ir]. The number of carbonyl (C=O) groups excluding carboxylic acids is 1. The molecule has 5 heteroatoms. The number of aliphatic hydroxyl groups is 1. The van der Waals surface area contributed by atoms with E-state index in [0.29, 0.717) is 0 Å². The number of pyridine rings is 2. The summed E-state index contributed by atoms with van der Waals surface area (Å²) in [5, 5.41) is 12.3. The molecule has 0 unspecified atom stereocenters. The first-order valence-corrected chi connectivity index (χ1v) is 14.3. The molecule has 0 aliphatic heterocycles. The van der Waals surface area contributed by atoms with Crippen molar-refractivity contribution in [1.82, 2.24) is 9.97 Å². The summed E-state index contributed by atoms with van der Waals surface area (Å²) < 4.78 is 0. The molecule has 0 bridgehead atoms. The third-order valence-corrected chi connectivity index (χ3v) is 8.31. The van der Waals surface area contributed by atoms with E-state index in [9.17, 15) is 9.90 Å². The first kappa shape index (κ1) is 31.6. The van der Waals surface area contributed by atoms with Gasteiger partial charge in [-0.25, -0.2) is 0 Å². The number of fused-ring (bicyclic) bond motifs is 3. The Hall–Kier alpha value is -2.88. The van der Waals surface area contributed by atoms with Crippen LogP contribution in [0.4, 0.5) is 0 Å². The van der Waals surface area contributed by atoms with Crippen molar-refractivity contribution in [2.24, 2.45) is 11.8 Å². The molecule has 0 saturated heterocycles. The molecule has 0 amide bonds. The number of benzene rings is 2. The van der Waals surface area contributed by atoms with Crippen LogP contribution in [-0.4, -0.2) is 20.9 Å². The van der Waals surface area contributed by atoms with Gasteiger partial charge in [-0.2, -0.15) is 0 Å². The Morgan fingerprint density at radius 1 is 0.925 bits per heavy atom. The molecule has 2 aromatic carbocycles. The standard InChI is InChI=1S/C22H17N2.C13H24O2.Ir/c1-13-10-11-18-19(23-13)12-17-21(24-18)15-8-4-6-14-7-5-9-16(20(14)15)22(17,2)3;1-5-10(6-2)12(14)9-13(15)11(7-3)8-4;/h4-7,9-12H,1-3H3;9-11,14H,5-8H2,1-4H3;/q-1;;/b;12-9-;. The smallest absolute Gasteiger partial charge is 0.162 e. The van der Waals surface area contributed by atoms with Gasteiger partial charge < -0.3 is 5.11 Å². The average Bonchev–Trinajstić information content (AvgIpc) is 2.92. The predicted octanol–water partition coefficient (Wildman–Crippen LogP) is 9.07. The monoisotopic (exact) mass is 714 g/mol. The molecule has 0 atom stereocenters. The summed E-state index contributed by atoms with van der Waals surface area (Å²) in [5.41, 5.74) is 7.55. The minimum atomic E-state index is -0.107. The Labute approximate surface area is 252 Å². The number of carbonyl (C=O) groups is 1. The summed E-state index contributed by atoms with van der Waals surface area (Å²) in [6.45, 7) is 14.6. The molecule has 2 heterocycles. The van der Waals surface area contributed by atoms with Crippen LogP contribution in [0.25, 0.3) is 33.1 Å². The van der Waals surface area contributed by atoms with Crippen molar-refractivity contribution in [3.05, 3.63) is 83.3 Å². The van der Waals surface area contributed by atoms with Gasteiger partial charge in [0.25, 0.3) is 0 Å². The number of hydrogen-bond acceptors (Lipinski definition) is 4. The number of ketones is 1. The summed E-state index contributed by atoms with van der Waals surface area (Å²) >= 11 is 0. The number of rotatable bonds is 7. The molecule has 0 spiro atoms. The largest absolute Gasteiger partial charge is 0.512 e. The molecule has 0 saturated carbocycles. The van der Waals surface area contributed by atoms with Crippen LogP contribution in [0.15, 0.2) is 60.4 Å². The van der Waals surface area contributed by atoms with E-state index in [2.05, 4.69) is 61.3 Å². The maximum absolute atomic E-state index is 11.7. The van der Waals surface area contributed by atoms with Gasteiger partial charge in [0, 0.05) is 49.1 Å². The van der Waals surface area contributed by atoms with E-state index in [-0.39, 0.29) is 48.9 Å². The molecule has 1 radical (unpaired) electrons. The van der Waals surface area contributed by atoms with Gasteiger partial charge in [-0.1, -0.05) is 76.3 Å². The molecular formula is C35H41IrN2O2-. The molecular weight excluding hydrogens is 673 g/mol. The van der Waals surface area contributed by atoms with Gasteiger partial charge in [-0.15, -0.1) is 29.1 Å². The van der Waals surface area contributed by atoms with Gasteiger partial charge >= 0.3 is 0 Å². The van der Waals surface area contributed by atoms with E-state index in [4.69, 9.17) is 4.98 Å². The van der Waals surface area contributed by atoms with Crippen molar-refractivity contribution >= 4 is 27.6 Å².